The minimum atomic E-state index is -3.82. The molecule has 0 saturated carbocycles. The summed E-state index contributed by atoms with van der Waals surface area (Å²) >= 11 is 1.30. The number of hydrogen-bond donors (Lipinski definition) is 2. The number of rotatable bonds is 12. The van der Waals surface area contributed by atoms with Crippen LogP contribution in [0.3, 0.4) is 0 Å². The quantitative estimate of drug-likeness (QED) is 0.158. The van der Waals surface area contributed by atoms with Gasteiger partial charge in [-0.1, -0.05) is 30.3 Å². The average Bonchev–Trinajstić information content (AvgIpc) is 3.37. The molecule has 3 amide bonds. The summed E-state index contributed by atoms with van der Waals surface area (Å²) in [4.78, 5) is 89.7. The lowest BCUT2D eigenvalue weighted by Gasteiger charge is -2.44. The maximum Gasteiger partial charge on any atom is 0.333 e. The molecule has 4 heterocycles. The van der Waals surface area contributed by atoms with Crippen LogP contribution in [-0.4, -0.2) is 112 Å². The summed E-state index contributed by atoms with van der Waals surface area (Å²) in [5.74, 6) is -5.30. The van der Waals surface area contributed by atoms with Crippen LogP contribution in [0.2, 0.25) is 0 Å². The third kappa shape index (κ3) is 6.87. The Bertz CT molecular complexity index is 1690. The fourth-order valence-corrected chi connectivity index (χ4v) is 9.95. The monoisotopic (exact) mass is 760 g/mol. The number of benzene rings is 1. The number of esters is 4. The lowest BCUT2D eigenvalue weighted by Crippen LogP contribution is -2.71. The highest BCUT2D eigenvalue weighted by Crippen LogP contribution is 2.51. The van der Waals surface area contributed by atoms with Crippen LogP contribution >= 0.6 is 24.2 Å². The summed E-state index contributed by atoms with van der Waals surface area (Å²) in [6.45, 7) is 4.42. The molecule has 1 unspecified atom stereocenters. The van der Waals surface area contributed by atoms with E-state index in [4.69, 9.17) is 24.7 Å². The number of carbonyl (C=O) groups excluding carboxylic acids is 7. The van der Waals surface area contributed by atoms with Gasteiger partial charge >= 0.3 is 23.9 Å². The van der Waals surface area contributed by atoms with E-state index in [9.17, 15) is 42.0 Å². The van der Waals surface area contributed by atoms with Gasteiger partial charge in [0.15, 0.2) is 9.84 Å². The van der Waals surface area contributed by atoms with E-state index in [1.807, 2.05) is 0 Å². The maximum absolute atomic E-state index is 13.0. The van der Waals surface area contributed by atoms with Crippen LogP contribution < -0.4 is 11.1 Å². The summed E-state index contributed by atoms with van der Waals surface area (Å²) in [5.41, 5.74) is 6.62. The fraction of sp³-hybridized carbons (Fsp3) is 0.567. The number of hydrogen-bond acceptors (Lipinski definition) is 15. The smallest absolute Gasteiger partial charge is 0.333 e. The zero-order valence-corrected chi connectivity index (χ0v) is 29.8. The van der Waals surface area contributed by atoms with Gasteiger partial charge in [0.05, 0.1) is 24.0 Å². The minimum absolute atomic E-state index is 0. The first-order valence-corrected chi connectivity index (χ1v) is 17.6. The molecule has 0 spiro atoms. The third-order valence-corrected chi connectivity index (χ3v) is 13.3. The molecular weight excluding hydrogens is 724 g/mol. The Morgan fingerprint density at radius 1 is 0.900 bits per heavy atom. The van der Waals surface area contributed by atoms with Crippen molar-refractivity contribution >= 4 is 75.6 Å². The largest absolute Gasteiger partial charge is 0.428 e. The highest BCUT2D eigenvalue weighted by molar-refractivity contribution is 8.01. The van der Waals surface area contributed by atoms with Crippen LogP contribution in [0.25, 0.3) is 0 Å². The Balaban J connectivity index is 0.00000562. The lowest BCUT2D eigenvalue weighted by atomic mass is 9.95. The van der Waals surface area contributed by atoms with E-state index in [0.29, 0.717) is 5.56 Å². The molecule has 6 atom stereocenters. The van der Waals surface area contributed by atoms with E-state index in [2.05, 4.69) is 5.32 Å². The highest BCUT2D eigenvalue weighted by atomic mass is 35.5. The van der Waals surface area contributed by atoms with Crippen LogP contribution in [0.5, 0.6) is 0 Å². The van der Waals surface area contributed by atoms with Gasteiger partial charge in [-0.2, -0.15) is 0 Å². The molecule has 0 aromatic heterocycles. The Morgan fingerprint density at radius 3 is 1.98 bits per heavy atom. The zero-order chi connectivity index (χ0) is 36.1. The molecule has 0 bridgehead atoms. The molecule has 1 aromatic rings. The molecule has 4 fully saturated rings. The first-order chi connectivity index (χ1) is 22.9. The molecule has 274 valence electrons. The van der Waals surface area contributed by atoms with Crippen molar-refractivity contribution in [3.05, 3.63) is 35.9 Å². The Hall–Kier alpha value is -3.94. The first kappa shape index (κ1) is 38.9. The summed E-state index contributed by atoms with van der Waals surface area (Å²) < 4.78 is 42.5. The van der Waals surface area contributed by atoms with Crippen molar-refractivity contribution < 1.29 is 60.9 Å². The van der Waals surface area contributed by atoms with Crippen LogP contribution in [0, 0.1) is 0 Å². The van der Waals surface area contributed by atoms with Gasteiger partial charge in [-0.15, -0.1) is 24.2 Å². The van der Waals surface area contributed by atoms with E-state index in [1.54, 1.807) is 44.2 Å². The van der Waals surface area contributed by atoms with Gasteiger partial charge in [0.25, 0.3) is 0 Å². The van der Waals surface area contributed by atoms with Gasteiger partial charge < -0.3 is 39.8 Å². The summed E-state index contributed by atoms with van der Waals surface area (Å²) in [7, 11) is -3.82. The van der Waals surface area contributed by atoms with Crippen molar-refractivity contribution in [3.63, 3.8) is 0 Å². The van der Waals surface area contributed by atoms with Crippen LogP contribution in [0.4, 0.5) is 0 Å². The zero-order valence-electron chi connectivity index (χ0n) is 27.4. The Labute approximate surface area is 297 Å². The minimum Gasteiger partial charge on any atom is -0.428 e. The second kappa shape index (κ2) is 14.4. The number of nitrogens with one attached hydrogen (secondary N) is 1. The number of amides is 3. The molecule has 1 aromatic carbocycles. The number of halogens is 1. The van der Waals surface area contributed by atoms with Crippen molar-refractivity contribution in [2.75, 3.05) is 13.6 Å². The number of nitrogens with two attached hydrogens (primary N) is 1. The molecule has 4 saturated heterocycles. The predicted molar refractivity (Wildman–Crippen MR) is 174 cm³/mol. The van der Waals surface area contributed by atoms with Gasteiger partial charge in [-0.25, -0.2) is 18.0 Å². The van der Waals surface area contributed by atoms with Crippen LogP contribution in [-0.2, 0) is 62.3 Å². The molecule has 5 rings (SSSR count). The number of ether oxygens (including phenoxy) is 4. The number of nitrogens with zero attached hydrogens (tertiary/aromatic N) is 2. The second-order valence-corrected chi connectivity index (χ2v) is 17.3. The average molecular weight is 761 g/mol. The predicted octanol–water partition coefficient (Wildman–Crippen LogP) is -0.343. The number of sulfone groups is 1. The van der Waals surface area contributed by atoms with Crippen molar-refractivity contribution in [2.45, 2.75) is 91.4 Å². The van der Waals surface area contributed by atoms with E-state index in [1.165, 1.54) is 30.5 Å². The van der Waals surface area contributed by atoms with Gasteiger partial charge in [-0.05, 0) is 33.3 Å². The normalized spacial score (nSPS) is 26.9. The topological polar surface area (TPSA) is 235 Å². The van der Waals surface area contributed by atoms with E-state index >= 15 is 0 Å². The molecule has 17 nitrogen and oxygen atoms in total. The second-order valence-electron chi connectivity index (χ2n) is 12.8. The van der Waals surface area contributed by atoms with E-state index in [-0.39, 0.29) is 18.8 Å². The Morgan fingerprint density at radius 2 is 1.44 bits per heavy atom. The van der Waals surface area contributed by atoms with Crippen molar-refractivity contribution in [2.24, 2.45) is 5.73 Å². The molecule has 4 aliphatic heterocycles. The standard InChI is InChI=1S/C30H36N4O13S2.ClH/c1-29(2)22(34-25(39)21(26(34)48-29)32-24(38)20(31)15-8-6-5-7-9-15)27(40)46-13-44-18(36)10-11-19(37)45-14-47-28(41)23-30(3,4)49(42,43)17-12-16(35)33(17)23;/h5-9,17,20-23,26H,10-14,31H2,1-4H3,(H,32,38);1H/t17-,20?,21-,22+,23+,26-;/m1./s1. The Kier molecular flexibility index (Phi) is 11.2. The van der Waals surface area contributed by atoms with Gasteiger partial charge in [0, 0.05) is 4.75 Å². The SMILES string of the molecule is CC1(C)S[C@@H]2[C@H](NC(=O)C(N)c3ccccc3)C(=O)N2[C@H]1C(=O)OCOC(=O)CCC(=O)OCOC(=O)[C@@H]1N2C(=O)C[C@H]2S(=O)(=O)C1(C)C.Cl. The van der Waals surface area contributed by atoms with Gasteiger partial charge in [0.2, 0.25) is 31.3 Å². The highest BCUT2D eigenvalue weighted by Gasteiger charge is 2.68. The van der Waals surface area contributed by atoms with E-state index < -0.39 is 122 Å². The summed E-state index contributed by atoms with van der Waals surface area (Å²) in [5, 5.41) is 1.01. The molecular formula is C30H37ClN4O13S2. The number of β-lactam (4-membered cyclic amide) rings is 2. The molecule has 4 aliphatic rings. The van der Waals surface area contributed by atoms with Crippen molar-refractivity contribution in [3.8, 4) is 0 Å². The van der Waals surface area contributed by atoms with E-state index in [0.717, 1.165) is 4.90 Å². The van der Waals surface area contributed by atoms with Crippen molar-refractivity contribution in [1.29, 1.82) is 0 Å². The maximum atomic E-state index is 13.0. The molecule has 50 heavy (non-hydrogen) atoms. The van der Waals surface area contributed by atoms with Crippen molar-refractivity contribution in [1.82, 2.24) is 15.1 Å². The first-order valence-electron chi connectivity index (χ1n) is 15.2. The number of thioether (sulfide) groups is 1. The van der Waals surface area contributed by atoms with Gasteiger partial charge in [-0.3, -0.25) is 24.0 Å². The van der Waals surface area contributed by atoms with Crippen LogP contribution in [0.15, 0.2) is 30.3 Å². The molecule has 20 heteroatoms. The number of fused-ring (bicyclic) bond motifs is 2. The molecule has 3 N–H and O–H groups in total. The van der Waals surface area contributed by atoms with Gasteiger partial charge in [0.1, 0.15) is 34.9 Å². The number of carbonyl (C=O) groups is 7. The third-order valence-electron chi connectivity index (χ3n) is 8.98. The lowest BCUT2D eigenvalue weighted by molar-refractivity contribution is -0.179. The molecule has 0 aliphatic carbocycles. The summed E-state index contributed by atoms with van der Waals surface area (Å²) in [6.07, 6.45) is -1.19. The fourth-order valence-electron chi connectivity index (χ4n) is 6.20. The van der Waals surface area contributed by atoms with Crippen LogP contribution in [0.1, 0.15) is 58.6 Å². The molecule has 0 radical (unpaired) electrons. The summed E-state index contributed by atoms with van der Waals surface area (Å²) in [6, 6.07) is 4.32.